The number of piperidine rings is 1. The first-order valence-corrected chi connectivity index (χ1v) is 9.48. The monoisotopic (exact) mass is 413 g/mol. The minimum atomic E-state index is -4.54. The molecule has 4 heterocycles. The van der Waals surface area contributed by atoms with Gasteiger partial charge in [0.05, 0.1) is 11.5 Å². The average molecular weight is 413 g/mol. The zero-order valence-corrected chi connectivity index (χ0v) is 15.9. The molecule has 3 aromatic rings. The van der Waals surface area contributed by atoms with Crippen molar-refractivity contribution >= 4 is 22.8 Å². The highest BCUT2D eigenvalue weighted by atomic mass is 19.4. The summed E-state index contributed by atoms with van der Waals surface area (Å²) in [6.07, 6.45) is -0.377. The van der Waals surface area contributed by atoms with Crippen LogP contribution >= 0.6 is 0 Å². The number of halogens is 3. The molecule has 0 aliphatic carbocycles. The van der Waals surface area contributed by atoms with Gasteiger partial charge in [0.25, 0.3) is 0 Å². The van der Waals surface area contributed by atoms with Crippen LogP contribution in [0.1, 0.15) is 24.1 Å². The van der Waals surface area contributed by atoms with Gasteiger partial charge in [-0.1, -0.05) is 6.07 Å². The Balaban J connectivity index is 1.64. The molecule has 0 aromatic carbocycles. The number of nitriles is 1. The summed E-state index contributed by atoms with van der Waals surface area (Å²) >= 11 is 0. The van der Waals surface area contributed by atoms with Gasteiger partial charge in [0.1, 0.15) is 11.5 Å². The normalized spacial score (nSPS) is 15.2. The van der Waals surface area contributed by atoms with Gasteiger partial charge in [-0.05, 0) is 31.0 Å². The van der Waals surface area contributed by atoms with E-state index in [1.54, 1.807) is 18.3 Å². The molecule has 1 fully saturated rings. The van der Waals surface area contributed by atoms with Crippen LogP contribution in [0.2, 0.25) is 0 Å². The van der Waals surface area contributed by atoms with Crippen LogP contribution < -0.4 is 10.2 Å². The van der Waals surface area contributed by atoms with E-state index in [4.69, 9.17) is 5.26 Å². The van der Waals surface area contributed by atoms with Crippen molar-refractivity contribution in [2.24, 2.45) is 5.92 Å². The molecule has 3 aromatic heterocycles. The predicted octanol–water partition coefficient (Wildman–Crippen LogP) is 3.79. The standard InChI is InChI=1S/C20H18F3N7/c21-20(22,23)16-14(3-1-7-25-16)12-27-18-15-4-2-8-26-17(15)28-19(29-18)30-9-5-13(11-24)6-10-30/h1-4,7-8,13H,5-6,9-10,12H2,(H,26,27,28,29). The number of anilines is 2. The van der Waals surface area contributed by atoms with Crippen LogP contribution in [0.3, 0.4) is 0 Å². The van der Waals surface area contributed by atoms with Crippen LogP contribution in [0.15, 0.2) is 36.7 Å². The molecule has 1 N–H and O–H groups in total. The van der Waals surface area contributed by atoms with E-state index in [1.165, 1.54) is 12.1 Å². The van der Waals surface area contributed by atoms with E-state index < -0.39 is 11.9 Å². The third-order valence-electron chi connectivity index (χ3n) is 5.03. The molecule has 0 radical (unpaired) electrons. The van der Waals surface area contributed by atoms with E-state index >= 15 is 0 Å². The highest BCUT2D eigenvalue weighted by molar-refractivity contribution is 5.87. The lowest BCUT2D eigenvalue weighted by molar-refractivity contribution is -0.141. The first-order chi connectivity index (χ1) is 14.5. The van der Waals surface area contributed by atoms with Gasteiger partial charge in [0.2, 0.25) is 5.95 Å². The van der Waals surface area contributed by atoms with Gasteiger partial charge in [0, 0.05) is 43.5 Å². The fraction of sp³-hybridized carbons (Fsp3) is 0.350. The Kier molecular flexibility index (Phi) is 5.35. The molecule has 1 aliphatic heterocycles. The van der Waals surface area contributed by atoms with Gasteiger partial charge < -0.3 is 10.2 Å². The number of hydrogen-bond acceptors (Lipinski definition) is 7. The molecule has 0 saturated carbocycles. The molecule has 7 nitrogen and oxygen atoms in total. The fourth-order valence-electron chi connectivity index (χ4n) is 3.45. The van der Waals surface area contributed by atoms with E-state index in [0.717, 1.165) is 6.20 Å². The predicted molar refractivity (Wildman–Crippen MR) is 104 cm³/mol. The second-order valence-corrected chi connectivity index (χ2v) is 7.00. The fourth-order valence-corrected chi connectivity index (χ4v) is 3.45. The van der Waals surface area contributed by atoms with Gasteiger partial charge in [-0.15, -0.1) is 0 Å². The molecule has 0 amide bonds. The maximum Gasteiger partial charge on any atom is 0.433 e. The lowest BCUT2D eigenvalue weighted by atomic mass is 9.99. The van der Waals surface area contributed by atoms with Crippen LogP contribution in [-0.2, 0) is 12.7 Å². The number of rotatable bonds is 4. The van der Waals surface area contributed by atoms with Crippen molar-refractivity contribution in [1.29, 1.82) is 5.26 Å². The summed E-state index contributed by atoms with van der Waals surface area (Å²) in [5.41, 5.74) is -0.445. The van der Waals surface area contributed by atoms with E-state index in [1.807, 2.05) is 4.90 Å². The molecule has 1 saturated heterocycles. The largest absolute Gasteiger partial charge is 0.433 e. The van der Waals surface area contributed by atoms with Crippen LogP contribution in [0, 0.1) is 17.2 Å². The van der Waals surface area contributed by atoms with Crippen molar-refractivity contribution in [2.45, 2.75) is 25.6 Å². The zero-order valence-electron chi connectivity index (χ0n) is 15.9. The maximum absolute atomic E-state index is 13.2. The molecule has 1 aliphatic rings. The topological polar surface area (TPSA) is 90.6 Å². The van der Waals surface area contributed by atoms with Crippen LogP contribution in [0.4, 0.5) is 24.9 Å². The summed E-state index contributed by atoms with van der Waals surface area (Å²) in [6.45, 7) is 1.17. The quantitative estimate of drug-likeness (QED) is 0.696. The second kappa shape index (κ2) is 8.10. The SMILES string of the molecule is N#CC1CCN(c2nc(NCc3cccnc3C(F)(F)F)c3cccnc3n2)CC1. The van der Waals surface area contributed by atoms with Crippen molar-refractivity contribution in [1.82, 2.24) is 19.9 Å². The smallest absolute Gasteiger partial charge is 0.365 e. The van der Waals surface area contributed by atoms with Crippen LogP contribution in [-0.4, -0.2) is 33.0 Å². The Morgan fingerprint density at radius 3 is 2.57 bits per heavy atom. The van der Waals surface area contributed by atoms with E-state index in [0.29, 0.717) is 48.7 Å². The molecular formula is C20H18F3N7. The molecule has 10 heteroatoms. The lowest BCUT2D eigenvalue weighted by Crippen LogP contribution is -2.34. The molecule has 0 unspecified atom stereocenters. The highest BCUT2D eigenvalue weighted by Crippen LogP contribution is 2.31. The third kappa shape index (κ3) is 4.10. The van der Waals surface area contributed by atoms with Crippen molar-refractivity contribution < 1.29 is 13.2 Å². The Morgan fingerprint density at radius 2 is 1.83 bits per heavy atom. The van der Waals surface area contributed by atoms with E-state index in [9.17, 15) is 13.2 Å². The van der Waals surface area contributed by atoms with Crippen molar-refractivity contribution in [3.05, 3.63) is 47.9 Å². The van der Waals surface area contributed by atoms with Gasteiger partial charge in [-0.2, -0.15) is 28.4 Å². The Bertz CT molecular complexity index is 1090. The molecule has 0 spiro atoms. The molecule has 0 atom stereocenters. The van der Waals surface area contributed by atoms with Gasteiger partial charge >= 0.3 is 6.18 Å². The maximum atomic E-state index is 13.2. The van der Waals surface area contributed by atoms with Crippen LogP contribution in [0.25, 0.3) is 11.0 Å². The summed E-state index contributed by atoms with van der Waals surface area (Å²) < 4.78 is 39.7. The van der Waals surface area contributed by atoms with Gasteiger partial charge in [-0.25, -0.2) is 4.98 Å². The van der Waals surface area contributed by atoms with Gasteiger partial charge in [-0.3, -0.25) is 4.98 Å². The summed E-state index contributed by atoms with van der Waals surface area (Å²) in [5.74, 6) is 0.869. The second-order valence-electron chi connectivity index (χ2n) is 7.00. The zero-order chi connectivity index (χ0) is 21.1. The molecule has 154 valence electrons. The average Bonchev–Trinajstić information content (AvgIpc) is 2.77. The van der Waals surface area contributed by atoms with E-state index in [2.05, 4.69) is 31.3 Å². The summed E-state index contributed by atoms with van der Waals surface area (Å²) in [4.78, 5) is 18.8. The lowest BCUT2D eigenvalue weighted by Gasteiger charge is -2.29. The Hall–Kier alpha value is -3.48. The molecular weight excluding hydrogens is 395 g/mol. The Morgan fingerprint density at radius 1 is 1.10 bits per heavy atom. The highest BCUT2D eigenvalue weighted by Gasteiger charge is 2.35. The van der Waals surface area contributed by atoms with Gasteiger partial charge in [0.15, 0.2) is 5.65 Å². The molecule has 30 heavy (non-hydrogen) atoms. The number of nitrogens with one attached hydrogen (secondary N) is 1. The number of fused-ring (bicyclic) bond motifs is 1. The minimum absolute atomic E-state index is 0.0174. The number of pyridine rings is 2. The number of aromatic nitrogens is 4. The molecule has 0 bridgehead atoms. The van der Waals surface area contributed by atoms with Crippen molar-refractivity contribution in [3.8, 4) is 6.07 Å². The third-order valence-corrected chi connectivity index (χ3v) is 5.03. The Labute approximate surface area is 170 Å². The van der Waals surface area contributed by atoms with Crippen LogP contribution in [0.5, 0.6) is 0 Å². The summed E-state index contributed by atoms with van der Waals surface area (Å²) in [5, 5.41) is 12.7. The van der Waals surface area contributed by atoms with Crippen molar-refractivity contribution in [3.63, 3.8) is 0 Å². The number of hydrogen-bond donors (Lipinski definition) is 1. The molecule has 4 rings (SSSR count). The minimum Gasteiger partial charge on any atom is -0.365 e. The van der Waals surface area contributed by atoms with Crippen molar-refractivity contribution in [2.75, 3.05) is 23.3 Å². The summed E-state index contributed by atoms with van der Waals surface area (Å²) in [6, 6.07) is 8.63. The van der Waals surface area contributed by atoms with E-state index in [-0.39, 0.29) is 18.0 Å². The number of alkyl halides is 3. The first kappa shape index (κ1) is 19.8. The summed E-state index contributed by atoms with van der Waals surface area (Å²) in [7, 11) is 0. The number of nitrogens with zero attached hydrogens (tertiary/aromatic N) is 6. The first-order valence-electron chi connectivity index (χ1n) is 9.48.